The highest BCUT2D eigenvalue weighted by Gasteiger charge is 2.54. The summed E-state index contributed by atoms with van der Waals surface area (Å²) in [6.45, 7) is 8.15. The molecule has 0 aromatic carbocycles. The van der Waals surface area contributed by atoms with Crippen LogP contribution in [0.25, 0.3) is 0 Å². The number of Topliss-reactive ketones (excluding diaryl/α,β-unsaturated/α-hetero) is 1. The highest BCUT2D eigenvalue weighted by molar-refractivity contribution is 5.95. The summed E-state index contributed by atoms with van der Waals surface area (Å²) in [6, 6.07) is 2.33. The molecule has 1 heterocycles. The second-order valence-electron chi connectivity index (χ2n) is 6.85. The molecule has 3 atom stereocenters. The van der Waals surface area contributed by atoms with Gasteiger partial charge in [0.05, 0.1) is 23.7 Å². The molecule has 0 bridgehead atoms. The van der Waals surface area contributed by atoms with Crippen LogP contribution in [0, 0.1) is 22.7 Å². The fraction of sp³-hybridized carbons (Fsp3) is 0.750. The second-order valence-corrected chi connectivity index (χ2v) is 6.85. The van der Waals surface area contributed by atoms with Gasteiger partial charge in [-0.25, -0.2) is 0 Å². The van der Waals surface area contributed by atoms with Gasteiger partial charge in [0.2, 0.25) is 0 Å². The van der Waals surface area contributed by atoms with Crippen molar-refractivity contribution >= 4 is 5.78 Å². The third-order valence-electron chi connectivity index (χ3n) is 4.77. The van der Waals surface area contributed by atoms with E-state index in [1.807, 2.05) is 13.0 Å². The van der Waals surface area contributed by atoms with Gasteiger partial charge in [0.15, 0.2) is 5.78 Å². The van der Waals surface area contributed by atoms with Crippen molar-refractivity contribution in [3.8, 4) is 6.07 Å². The van der Waals surface area contributed by atoms with Crippen LogP contribution in [0.4, 0.5) is 0 Å². The molecule has 3 nitrogen and oxygen atoms in total. The quantitative estimate of drug-likeness (QED) is 0.628. The Morgan fingerprint density at radius 2 is 2.11 bits per heavy atom. The molecule has 1 aliphatic heterocycles. The molecule has 2 rings (SSSR count). The summed E-state index contributed by atoms with van der Waals surface area (Å²) < 4.78 is 5.84. The van der Waals surface area contributed by atoms with Crippen LogP contribution < -0.4 is 0 Å². The Kier molecular flexibility index (Phi) is 3.57. The van der Waals surface area contributed by atoms with Crippen molar-refractivity contribution in [2.45, 2.75) is 65.1 Å². The maximum Gasteiger partial charge on any atom is 0.159 e. The Morgan fingerprint density at radius 1 is 1.42 bits per heavy atom. The van der Waals surface area contributed by atoms with Crippen LogP contribution in [-0.4, -0.2) is 17.5 Å². The molecule has 0 N–H and O–H groups in total. The van der Waals surface area contributed by atoms with E-state index in [-0.39, 0.29) is 28.8 Å². The molecule has 3 heteroatoms. The summed E-state index contributed by atoms with van der Waals surface area (Å²) in [5.74, 6) is -0.129. The monoisotopic (exact) mass is 261 g/mol. The third-order valence-corrected chi connectivity index (χ3v) is 4.77. The first-order valence-corrected chi connectivity index (χ1v) is 7.06. The SMILES string of the molecule is C/C1=C/CC[C@]2(C)O[C@@H]2CC(C)(C)[C@@H](C#N)CC1=O. The van der Waals surface area contributed by atoms with E-state index in [4.69, 9.17) is 4.74 Å². The van der Waals surface area contributed by atoms with Gasteiger partial charge in [0, 0.05) is 6.42 Å². The number of nitrogens with zero attached hydrogens (tertiary/aromatic N) is 1. The molecule has 19 heavy (non-hydrogen) atoms. The lowest BCUT2D eigenvalue weighted by Gasteiger charge is -2.29. The maximum atomic E-state index is 12.1. The van der Waals surface area contributed by atoms with Crippen LogP contribution >= 0.6 is 0 Å². The number of nitriles is 1. The number of epoxide rings is 1. The minimum atomic E-state index is -0.241. The minimum Gasteiger partial charge on any atom is -0.366 e. The van der Waals surface area contributed by atoms with Gasteiger partial charge in [-0.2, -0.15) is 5.26 Å². The fourth-order valence-electron chi connectivity index (χ4n) is 2.92. The van der Waals surface area contributed by atoms with Gasteiger partial charge in [-0.15, -0.1) is 0 Å². The molecule has 0 aromatic rings. The number of allylic oxidation sites excluding steroid dienone is 2. The van der Waals surface area contributed by atoms with Crippen molar-refractivity contribution in [2.24, 2.45) is 11.3 Å². The Labute approximate surface area is 115 Å². The van der Waals surface area contributed by atoms with Gasteiger partial charge in [-0.1, -0.05) is 19.9 Å². The van der Waals surface area contributed by atoms with E-state index in [9.17, 15) is 10.1 Å². The van der Waals surface area contributed by atoms with Gasteiger partial charge in [0.25, 0.3) is 0 Å². The molecule has 0 unspecified atom stereocenters. The standard InChI is InChI=1S/C16H23NO2/c1-11-6-5-7-16(4)14(19-16)9-15(2,3)12(10-17)8-13(11)18/h6,12,14H,5,7-9H2,1-4H3/b11-6-/t12-,14-,16+/m1/s1. The largest absolute Gasteiger partial charge is 0.366 e. The summed E-state index contributed by atoms with van der Waals surface area (Å²) in [6.07, 6.45) is 5.25. The van der Waals surface area contributed by atoms with E-state index in [1.54, 1.807) is 0 Å². The summed E-state index contributed by atoms with van der Waals surface area (Å²) in [7, 11) is 0. The number of fused-ring (bicyclic) bond motifs is 1. The van der Waals surface area contributed by atoms with E-state index in [0.717, 1.165) is 24.8 Å². The van der Waals surface area contributed by atoms with Crippen molar-refractivity contribution in [1.82, 2.24) is 0 Å². The number of carbonyl (C=O) groups excluding carboxylic acids is 1. The van der Waals surface area contributed by atoms with E-state index in [2.05, 4.69) is 26.8 Å². The second kappa shape index (κ2) is 4.76. The third kappa shape index (κ3) is 2.90. The maximum absolute atomic E-state index is 12.1. The minimum absolute atomic E-state index is 0.0541. The average molecular weight is 261 g/mol. The van der Waals surface area contributed by atoms with Crippen LogP contribution in [-0.2, 0) is 9.53 Å². The molecule has 1 saturated heterocycles. The van der Waals surface area contributed by atoms with Crippen LogP contribution in [0.3, 0.4) is 0 Å². The van der Waals surface area contributed by atoms with Crippen molar-refractivity contribution in [2.75, 3.05) is 0 Å². The van der Waals surface area contributed by atoms with E-state index >= 15 is 0 Å². The average Bonchev–Trinajstić information content (AvgIpc) is 2.93. The van der Waals surface area contributed by atoms with Crippen molar-refractivity contribution in [1.29, 1.82) is 5.26 Å². The molecule has 2 aliphatic rings. The van der Waals surface area contributed by atoms with Crippen molar-refractivity contribution < 1.29 is 9.53 Å². The summed E-state index contributed by atoms with van der Waals surface area (Å²) in [5.41, 5.74) is 0.553. The molecule has 1 fully saturated rings. The first-order valence-electron chi connectivity index (χ1n) is 7.06. The number of rotatable bonds is 0. The molecule has 0 amide bonds. The van der Waals surface area contributed by atoms with Gasteiger partial charge < -0.3 is 4.74 Å². The van der Waals surface area contributed by atoms with E-state index in [1.165, 1.54) is 0 Å². The predicted molar refractivity (Wildman–Crippen MR) is 73.4 cm³/mol. The molecule has 104 valence electrons. The summed E-state index contributed by atoms with van der Waals surface area (Å²) >= 11 is 0. The lowest BCUT2D eigenvalue weighted by molar-refractivity contribution is -0.116. The molecule has 1 aliphatic carbocycles. The van der Waals surface area contributed by atoms with Crippen LogP contribution in [0.2, 0.25) is 0 Å². The van der Waals surface area contributed by atoms with Gasteiger partial charge in [0.1, 0.15) is 0 Å². The normalized spacial score (nSPS) is 41.2. The number of ketones is 1. The smallest absolute Gasteiger partial charge is 0.159 e. The fourth-order valence-corrected chi connectivity index (χ4v) is 2.92. The molecular formula is C16H23NO2. The van der Waals surface area contributed by atoms with Gasteiger partial charge in [-0.3, -0.25) is 4.79 Å². The van der Waals surface area contributed by atoms with E-state index in [0.29, 0.717) is 6.42 Å². The van der Waals surface area contributed by atoms with Gasteiger partial charge >= 0.3 is 0 Å². The van der Waals surface area contributed by atoms with Crippen LogP contribution in [0.15, 0.2) is 11.6 Å². The topological polar surface area (TPSA) is 53.4 Å². The van der Waals surface area contributed by atoms with Crippen LogP contribution in [0.5, 0.6) is 0 Å². The Balaban J connectivity index is 2.26. The Hall–Kier alpha value is -1.14. The molecule has 0 aromatic heterocycles. The Morgan fingerprint density at radius 3 is 2.74 bits per heavy atom. The zero-order chi connectivity index (χ0) is 14.3. The summed E-state index contributed by atoms with van der Waals surface area (Å²) in [5, 5.41) is 9.38. The highest BCUT2D eigenvalue weighted by atomic mass is 16.6. The van der Waals surface area contributed by atoms with Crippen LogP contribution in [0.1, 0.15) is 53.4 Å². The number of ether oxygens (including phenoxy) is 1. The molecule has 0 saturated carbocycles. The molecular weight excluding hydrogens is 238 g/mol. The zero-order valence-corrected chi connectivity index (χ0v) is 12.3. The number of carbonyl (C=O) groups is 1. The lowest BCUT2D eigenvalue weighted by atomic mass is 9.72. The van der Waals surface area contributed by atoms with Crippen molar-refractivity contribution in [3.05, 3.63) is 11.6 Å². The summed E-state index contributed by atoms with van der Waals surface area (Å²) in [4.78, 5) is 12.1. The molecule has 0 spiro atoms. The first kappa shape index (κ1) is 14.3. The van der Waals surface area contributed by atoms with Gasteiger partial charge in [-0.05, 0) is 44.1 Å². The highest BCUT2D eigenvalue weighted by Crippen LogP contribution is 2.49. The Bertz CT molecular complexity index is 458. The zero-order valence-electron chi connectivity index (χ0n) is 12.3. The first-order chi connectivity index (χ1) is 8.78. The van der Waals surface area contributed by atoms with Crippen molar-refractivity contribution in [3.63, 3.8) is 0 Å². The number of hydrogen-bond donors (Lipinski definition) is 0. The molecule has 0 radical (unpaired) electrons. The number of hydrogen-bond acceptors (Lipinski definition) is 3. The predicted octanol–water partition coefficient (Wildman–Crippen LogP) is 3.40. The van der Waals surface area contributed by atoms with E-state index < -0.39 is 0 Å². The lowest BCUT2D eigenvalue weighted by Crippen LogP contribution is -2.28.